The summed E-state index contributed by atoms with van der Waals surface area (Å²) < 4.78 is 8.17. The Balaban J connectivity index is 1.55. The van der Waals surface area contributed by atoms with Crippen molar-refractivity contribution >= 4 is 28.0 Å². The number of hydrogen-bond donors (Lipinski definition) is 2. The zero-order valence-electron chi connectivity index (χ0n) is 15.5. The van der Waals surface area contributed by atoms with Crippen LogP contribution in [0.4, 0.5) is 10.8 Å². The number of hydrogen-bond acceptors (Lipinski definition) is 8. The van der Waals surface area contributed by atoms with E-state index in [1.807, 2.05) is 42.4 Å². The number of anilines is 2. The molecule has 1 aliphatic heterocycles. The standard InChI is InChI=1S/C18H21N9S/c1-25-11-13(8-23-25)15-10-22-16-17(21-5-6-26(15)16)27(19)18-14(9-24-28-18)12-3-2-4-20-7-12/h5-6,8-12,20H,2-4,7,19H2,1H3. The quantitative estimate of drug-likeness (QED) is 0.403. The summed E-state index contributed by atoms with van der Waals surface area (Å²) in [6, 6.07) is 0. The average Bonchev–Trinajstić information content (AvgIpc) is 3.46. The summed E-state index contributed by atoms with van der Waals surface area (Å²) in [6.45, 7) is 2.02. The van der Waals surface area contributed by atoms with Crippen LogP contribution in [0.1, 0.15) is 24.3 Å². The fourth-order valence-electron chi connectivity index (χ4n) is 3.76. The molecule has 5 heterocycles. The monoisotopic (exact) mass is 395 g/mol. The van der Waals surface area contributed by atoms with Crippen LogP contribution in [0.25, 0.3) is 16.9 Å². The molecule has 0 radical (unpaired) electrons. The van der Waals surface area contributed by atoms with E-state index in [4.69, 9.17) is 5.84 Å². The Morgan fingerprint density at radius 2 is 2.21 bits per heavy atom. The molecule has 144 valence electrons. The van der Waals surface area contributed by atoms with Gasteiger partial charge in [0.25, 0.3) is 0 Å². The summed E-state index contributed by atoms with van der Waals surface area (Å²) in [5.74, 6) is 7.56. The highest BCUT2D eigenvalue weighted by atomic mass is 32.1. The molecular formula is C18H21N9S. The Morgan fingerprint density at radius 1 is 1.29 bits per heavy atom. The molecule has 1 saturated heterocycles. The summed E-state index contributed by atoms with van der Waals surface area (Å²) in [5.41, 5.74) is 3.80. The summed E-state index contributed by atoms with van der Waals surface area (Å²) in [6.07, 6.45) is 13.5. The number of nitrogens with two attached hydrogens (primary N) is 1. The summed E-state index contributed by atoms with van der Waals surface area (Å²) >= 11 is 1.39. The second-order valence-corrected chi connectivity index (χ2v) is 7.77. The van der Waals surface area contributed by atoms with Gasteiger partial charge in [0.2, 0.25) is 0 Å². The molecule has 1 fully saturated rings. The molecule has 0 bridgehead atoms. The van der Waals surface area contributed by atoms with E-state index in [2.05, 4.69) is 24.8 Å². The molecule has 1 aliphatic rings. The number of imidazole rings is 1. The van der Waals surface area contributed by atoms with Crippen molar-refractivity contribution in [3.05, 3.63) is 42.7 Å². The van der Waals surface area contributed by atoms with E-state index in [1.165, 1.54) is 17.1 Å². The first kappa shape index (κ1) is 17.3. The molecule has 1 atom stereocenters. The Morgan fingerprint density at radius 3 is 3.00 bits per heavy atom. The van der Waals surface area contributed by atoms with Crippen LogP contribution in [0, 0.1) is 0 Å². The molecule has 10 heteroatoms. The van der Waals surface area contributed by atoms with Gasteiger partial charge in [0.15, 0.2) is 11.5 Å². The van der Waals surface area contributed by atoms with E-state index in [1.54, 1.807) is 15.9 Å². The fraction of sp³-hybridized carbons (Fsp3) is 0.333. The Kier molecular flexibility index (Phi) is 4.30. The average molecular weight is 395 g/mol. The van der Waals surface area contributed by atoms with Gasteiger partial charge in [-0.25, -0.2) is 20.8 Å². The van der Waals surface area contributed by atoms with Crippen LogP contribution < -0.4 is 16.2 Å². The van der Waals surface area contributed by atoms with Crippen molar-refractivity contribution in [1.29, 1.82) is 0 Å². The maximum Gasteiger partial charge on any atom is 0.192 e. The van der Waals surface area contributed by atoms with Gasteiger partial charge in [0.1, 0.15) is 5.00 Å². The lowest BCUT2D eigenvalue weighted by Gasteiger charge is -2.25. The SMILES string of the molecule is Cn1cc(-c2cnc3c(N(N)c4sncc4C4CCCNC4)nccn23)cn1. The first-order valence-corrected chi connectivity index (χ1v) is 10.0. The lowest BCUT2D eigenvalue weighted by Crippen LogP contribution is -2.31. The molecule has 9 nitrogen and oxygen atoms in total. The summed E-state index contributed by atoms with van der Waals surface area (Å²) in [4.78, 5) is 9.11. The van der Waals surface area contributed by atoms with Gasteiger partial charge in [-0.15, -0.1) is 0 Å². The highest BCUT2D eigenvalue weighted by Gasteiger charge is 2.25. The lowest BCUT2D eigenvalue weighted by atomic mass is 9.93. The topological polar surface area (TPSA) is 102 Å². The molecule has 5 rings (SSSR count). The molecule has 0 spiro atoms. The highest BCUT2D eigenvalue weighted by Crippen LogP contribution is 2.37. The van der Waals surface area contributed by atoms with Crippen LogP contribution in [-0.2, 0) is 7.05 Å². The van der Waals surface area contributed by atoms with Crippen molar-refractivity contribution in [2.75, 3.05) is 18.1 Å². The van der Waals surface area contributed by atoms with E-state index >= 15 is 0 Å². The number of piperidine rings is 1. The van der Waals surface area contributed by atoms with Gasteiger partial charge in [-0.05, 0) is 30.9 Å². The maximum absolute atomic E-state index is 6.54. The summed E-state index contributed by atoms with van der Waals surface area (Å²) in [5, 5.41) is 10.3. The number of fused-ring (bicyclic) bond motifs is 1. The van der Waals surface area contributed by atoms with Crippen LogP contribution >= 0.6 is 11.5 Å². The fourth-order valence-corrected chi connectivity index (χ4v) is 4.53. The van der Waals surface area contributed by atoms with Crippen molar-refractivity contribution in [3.63, 3.8) is 0 Å². The van der Waals surface area contributed by atoms with Gasteiger partial charge >= 0.3 is 0 Å². The first-order chi connectivity index (χ1) is 13.7. The third kappa shape index (κ3) is 2.86. The second-order valence-electron chi connectivity index (χ2n) is 6.99. The van der Waals surface area contributed by atoms with Gasteiger partial charge < -0.3 is 5.32 Å². The highest BCUT2D eigenvalue weighted by molar-refractivity contribution is 7.10. The zero-order chi connectivity index (χ0) is 19.1. The van der Waals surface area contributed by atoms with Crippen LogP contribution in [-0.4, -0.2) is 41.6 Å². The number of nitrogens with zero attached hydrogens (tertiary/aromatic N) is 7. The zero-order valence-corrected chi connectivity index (χ0v) is 16.3. The smallest absolute Gasteiger partial charge is 0.192 e. The van der Waals surface area contributed by atoms with Crippen LogP contribution in [0.15, 0.2) is 37.2 Å². The Hall–Kier alpha value is -2.82. The molecule has 0 saturated carbocycles. The molecule has 0 aliphatic carbocycles. The van der Waals surface area contributed by atoms with Gasteiger partial charge in [-0.1, -0.05) is 0 Å². The van der Waals surface area contributed by atoms with Crippen molar-refractivity contribution in [3.8, 4) is 11.3 Å². The summed E-state index contributed by atoms with van der Waals surface area (Å²) in [7, 11) is 1.90. The van der Waals surface area contributed by atoms with Crippen LogP contribution in [0.3, 0.4) is 0 Å². The predicted molar refractivity (Wildman–Crippen MR) is 108 cm³/mol. The van der Waals surface area contributed by atoms with E-state index in [0.29, 0.717) is 17.4 Å². The second kappa shape index (κ2) is 6.97. The van der Waals surface area contributed by atoms with Gasteiger partial charge in [-0.3, -0.25) is 9.08 Å². The van der Waals surface area contributed by atoms with E-state index in [-0.39, 0.29) is 0 Å². The number of rotatable bonds is 4. The molecule has 0 aromatic carbocycles. The van der Waals surface area contributed by atoms with Crippen molar-refractivity contribution < 1.29 is 0 Å². The van der Waals surface area contributed by atoms with Crippen LogP contribution in [0.2, 0.25) is 0 Å². The Labute approximate surface area is 166 Å². The molecule has 1 unspecified atom stereocenters. The predicted octanol–water partition coefficient (Wildman–Crippen LogP) is 2.07. The lowest BCUT2D eigenvalue weighted by molar-refractivity contribution is 0.462. The van der Waals surface area contributed by atoms with Gasteiger partial charge in [0.05, 0.1) is 18.1 Å². The first-order valence-electron chi connectivity index (χ1n) is 9.23. The van der Waals surface area contributed by atoms with E-state index in [0.717, 1.165) is 42.2 Å². The normalized spacial score (nSPS) is 17.3. The molecule has 0 amide bonds. The molecule has 3 N–H and O–H groups in total. The third-order valence-corrected chi connectivity index (χ3v) is 5.99. The van der Waals surface area contributed by atoms with Crippen molar-refractivity contribution in [2.24, 2.45) is 12.9 Å². The number of aromatic nitrogens is 6. The van der Waals surface area contributed by atoms with Gasteiger partial charge in [0, 0.05) is 55.4 Å². The Bertz CT molecular complexity index is 1110. The van der Waals surface area contributed by atoms with Crippen LogP contribution in [0.5, 0.6) is 0 Å². The number of nitrogens with one attached hydrogen (secondary N) is 1. The molecule has 28 heavy (non-hydrogen) atoms. The van der Waals surface area contributed by atoms with E-state index in [9.17, 15) is 0 Å². The number of hydrazine groups is 1. The molecule has 4 aromatic heterocycles. The third-order valence-electron chi connectivity index (χ3n) is 5.17. The molecule has 4 aromatic rings. The van der Waals surface area contributed by atoms with Gasteiger partial charge in [-0.2, -0.15) is 9.47 Å². The van der Waals surface area contributed by atoms with Crippen molar-refractivity contribution in [1.82, 2.24) is 33.8 Å². The van der Waals surface area contributed by atoms with Crippen molar-refractivity contribution in [2.45, 2.75) is 18.8 Å². The minimum atomic E-state index is 0.416. The molecular weight excluding hydrogens is 374 g/mol. The van der Waals surface area contributed by atoms with E-state index < -0.39 is 0 Å². The minimum absolute atomic E-state index is 0.416. The maximum atomic E-state index is 6.54. The minimum Gasteiger partial charge on any atom is -0.316 e. The largest absolute Gasteiger partial charge is 0.316 e. The number of aryl methyl sites for hydroxylation is 1.